The van der Waals surface area contributed by atoms with E-state index in [0.29, 0.717) is 11.8 Å². The lowest BCUT2D eigenvalue weighted by atomic mass is 10.1. The molecule has 1 saturated carbocycles. The highest BCUT2D eigenvalue weighted by Gasteiger charge is 2.29. The molecule has 0 aromatic carbocycles. The summed E-state index contributed by atoms with van der Waals surface area (Å²) in [4.78, 5) is 11.1. The number of carboxylic acids is 1. The second-order valence-electron chi connectivity index (χ2n) is 4.58. The van der Waals surface area contributed by atoms with E-state index in [0.717, 1.165) is 18.7 Å². The van der Waals surface area contributed by atoms with Crippen molar-refractivity contribution in [3.05, 3.63) is 5.82 Å². The van der Waals surface area contributed by atoms with Crippen LogP contribution in [-0.2, 0) is 10.5 Å². The number of carbonyl (C=O) groups is 1. The summed E-state index contributed by atoms with van der Waals surface area (Å²) >= 11 is 1.39. The normalized spacial score (nSPS) is 17.4. The lowest BCUT2D eigenvalue weighted by Crippen LogP contribution is -2.23. The van der Waals surface area contributed by atoms with Crippen LogP contribution in [0.1, 0.15) is 38.6 Å². The van der Waals surface area contributed by atoms with E-state index >= 15 is 0 Å². The summed E-state index contributed by atoms with van der Waals surface area (Å²) < 4.78 is 1.83. The molecular formula is C10H16N4O2S. The summed E-state index contributed by atoms with van der Waals surface area (Å²) in [6.45, 7) is 3.82. The van der Waals surface area contributed by atoms with Gasteiger partial charge < -0.3 is 5.11 Å². The second-order valence-corrected chi connectivity index (χ2v) is 5.71. The fourth-order valence-corrected chi connectivity index (χ4v) is 2.67. The number of nitrogens with zero attached hydrogens (tertiary/aromatic N) is 4. The molecule has 1 fully saturated rings. The minimum atomic E-state index is -0.768. The zero-order valence-corrected chi connectivity index (χ0v) is 10.7. The van der Waals surface area contributed by atoms with E-state index in [4.69, 9.17) is 5.11 Å². The van der Waals surface area contributed by atoms with Crippen LogP contribution in [0.15, 0.2) is 0 Å². The molecule has 17 heavy (non-hydrogen) atoms. The van der Waals surface area contributed by atoms with E-state index in [9.17, 15) is 4.79 Å². The quantitative estimate of drug-likeness (QED) is 0.827. The summed E-state index contributed by atoms with van der Waals surface area (Å²) in [7, 11) is 0. The van der Waals surface area contributed by atoms with Crippen LogP contribution in [0.5, 0.6) is 0 Å². The van der Waals surface area contributed by atoms with Crippen LogP contribution in [0.25, 0.3) is 0 Å². The topological polar surface area (TPSA) is 80.9 Å². The first kappa shape index (κ1) is 12.3. The minimum Gasteiger partial charge on any atom is -0.480 e. The van der Waals surface area contributed by atoms with Gasteiger partial charge in [0.25, 0.3) is 0 Å². The Hall–Kier alpha value is -1.11. The van der Waals surface area contributed by atoms with Crippen molar-refractivity contribution in [2.45, 2.75) is 43.7 Å². The van der Waals surface area contributed by atoms with Gasteiger partial charge in [0.1, 0.15) is 5.25 Å². The molecule has 0 aliphatic heterocycles. The number of rotatable bonds is 6. The van der Waals surface area contributed by atoms with Crippen molar-refractivity contribution >= 4 is 17.7 Å². The lowest BCUT2D eigenvalue weighted by molar-refractivity contribution is -0.137. The summed E-state index contributed by atoms with van der Waals surface area (Å²) in [5, 5.41) is 20.2. The van der Waals surface area contributed by atoms with Crippen molar-refractivity contribution in [3.8, 4) is 0 Å². The van der Waals surface area contributed by atoms with Gasteiger partial charge in [-0.3, -0.25) is 4.79 Å². The van der Waals surface area contributed by atoms with Gasteiger partial charge in [0.2, 0.25) is 0 Å². The molecule has 1 aliphatic rings. The van der Waals surface area contributed by atoms with Crippen LogP contribution < -0.4 is 0 Å². The Bertz CT molecular complexity index is 403. The molecule has 94 valence electrons. The standard InChI is InChI=1S/C10H16N4O2S/c1-6(2)9(10(15)16)17-5-8-11-12-13-14(8)7-3-4-7/h6-7,9H,3-5H2,1-2H3,(H,15,16). The van der Waals surface area contributed by atoms with E-state index in [1.165, 1.54) is 11.8 Å². The highest BCUT2D eigenvalue weighted by Crippen LogP contribution is 2.35. The van der Waals surface area contributed by atoms with Gasteiger partial charge in [0.15, 0.2) is 5.82 Å². The van der Waals surface area contributed by atoms with E-state index in [1.54, 1.807) is 0 Å². The van der Waals surface area contributed by atoms with Crippen molar-refractivity contribution in [3.63, 3.8) is 0 Å². The predicted octanol–water partition coefficient (Wildman–Crippen LogP) is 1.35. The maximum atomic E-state index is 11.1. The van der Waals surface area contributed by atoms with Gasteiger partial charge in [-0.05, 0) is 29.2 Å². The van der Waals surface area contributed by atoms with Crippen LogP contribution in [0, 0.1) is 5.92 Å². The molecule has 0 saturated heterocycles. The molecule has 2 rings (SSSR count). The van der Waals surface area contributed by atoms with Crippen molar-refractivity contribution in [2.24, 2.45) is 5.92 Å². The first-order valence-electron chi connectivity index (χ1n) is 5.70. The summed E-state index contributed by atoms with van der Waals surface area (Å²) in [5.74, 6) is 0.668. The summed E-state index contributed by atoms with van der Waals surface area (Å²) in [6, 6.07) is 0.433. The van der Waals surface area contributed by atoms with Gasteiger partial charge in [-0.1, -0.05) is 13.8 Å². The van der Waals surface area contributed by atoms with Crippen LogP contribution in [0.2, 0.25) is 0 Å². The molecular weight excluding hydrogens is 240 g/mol. The number of carboxylic acid groups (broad SMARTS) is 1. The molecule has 0 bridgehead atoms. The number of tetrazole rings is 1. The van der Waals surface area contributed by atoms with Crippen LogP contribution in [-0.4, -0.2) is 36.5 Å². The molecule has 1 aromatic rings. The number of aromatic nitrogens is 4. The zero-order valence-electron chi connectivity index (χ0n) is 9.91. The number of hydrogen-bond donors (Lipinski definition) is 1. The maximum absolute atomic E-state index is 11.1. The van der Waals surface area contributed by atoms with Gasteiger partial charge in [-0.25, -0.2) is 4.68 Å². The van der Waals surface area contributed by atoms with Crippen LogP contribution in [0.3, 0.4) is 0 Å². The first-order chi connectivity index (χ1) is 8.09. The molecule has 1 N–H and O–H groups in total. The Balaban J connectivity index is 1.96. The molecule has 0 amide bonds. The van der Waals surface area contributed by atoms with Crippen molar-refractivity contribution in [1.29, 1.82) is 0 Å². The SMILES string of the molecule is CC(C)C(SCc1nnnn1C1CC1)C(=O)O. The summed E-state index contributed by atoms with van der Waals surface area (Å²) in [6.07, 6.45) is 2.24. The maximum Gasteiger partial charge on any atom is 0.316 e. The van der Waals surface area contributed by atoms with Crippen molar-refractivity contribution in [1.82, 2.24) is 20.2 Å². The monoisotopic (exact) mass is 256 g/mol. The van der Waals surface area contributed by atoms with E-state index in [-0.39, 0.29) is 5.92 Å². The van der Waals surface area contributed by atoms with Gasteiger partial charge in [0, 0.05) is 0 Å². The zero-order chi connectivity index (χ0) is 12.4. The average molecular weight is 256 g/mol. The molecule has 1 aromatic heterocycles. The van der Waals surface area contributed by atoms with Crippen molar-refractivity contribution in [2.75, 3.05) is 0 Å². The number of thioether (sulfide) groups is 1. The molecule has 1 atom stereocenters. The minimum absolute atomic E-state index is 0.0998. The predicted molar refractivity (Wildman–Crippen MR) is 63.6 cm³/mol. The molecule has 1 unspecified atom stereocenters. The third-order valence-corrected chi connectivity index (χ3v) is 4.22. The smallest absolute Gasteiger partial charge is 0.316 e. The number of aliphatic carboxylic acids is 1. The van der Waals surface area contributed by atoms with E-state index < -0.39 is 11.2 Å². The largest absolute Gasteiger partial charge is 0.480 e. The van der Waals surface area contributed by atoms with Gasteiger partial charge in [0.05, 0.1) is 11.8 Å². The third-order valence-electron chi connectivity index (χ3n) is 2.69. The van der Waals surface area contributed by atoms with Crippen LogP contribution >= 0.6 is 11.8 Å². The van der Waals surface area contributed by atoms with Crippen LogP contribution in [0.4, 0.5) is 0 Å². The van der Waals surface area contributed by atoms with Gasteiger partial charge in [-0.15, -0.1) is 16.9 Å². The van der Waals surface area contributed by atoms with Crippen molar-refractivity contribution < 1.29 is 9.90 Å². The van der Waals surface area contributed by atoms with E-state index in [1.807, 2.05) is 18.5 Å². The van der Waals surface area contributed by atoms with Gasteiger partial charge in [-0.2, -0.15) is 0 Å². The fourth-order valence-electron chi connectivity index (χ4n) is 1.62. The second kappa shape index (κ2) is 5.03. The highest BCUT2D eigenvalue weighted by molar-refractivity contribution is 7.99. The van der Waals surface area contributed by atoms with Gasteiger partial charge >= 0.3 is 5.97 Å². The lowest BCUT2D eigenvalue weighted by Gasteiger charge is -2.15. The highest BCUT2D eigenvalue weighted by atomic mass is 32.2. The number of hydrogen-bond acceptors (Lipinski definition) is 5. The molecule has 1 aliphatic carbocycles. The fraction of sp³-hybridized carbons (Fsp3) is 0.800. The summed E-state index contributed by atoms with van der Waals surface area (Å²) in [5.41, 5.74) is 0. The Morgan fingerprint density at radius 3 is 2.82 bits per heavy atom. The molecule has 1 heterocycles. The molecule has 6 nitrogen and oxygen atoms in total. The Labute approximate surface area is 104 Å². The molecule has 7 heteroatoms. The average Bonchev–Trinajstić information content (AvgIpc) is 2.98. The van der Waals surface area contributed by atoms with E-state index in [2.05, 4.69) is 15.5 Å². The molecule has 0 spiro atoms. The Morgan fingerprint density at radius 1 is 1.59 bits per heavy atom. The first-order valence-corrected chi connectivity index (χ1v) is 6.75. The third kappa shape index (κ3) is 2.96. The Morgan fingerprint density at radius 2 is 2.29 bits per heavy atom. The Kier molecular flexibility index (Phi) is 3.66. The molecule has 0 radical (unpaired) electrons.